The van der Waals surface area contributed by atoms with Crippen LogP contribution < -0.4 is 5.32 Å². The third-order valence-electron chi connectivity index (χ3n) is 5.68. The second-order valence-corrected chi connectivity index (χ2v) is 9.38. The third kappa shape index (κ3) is 21.5. The van der Waals surface area contributed by atoms with Crippen LogP contribution in [-0.4, -0.2) is 22.5 Å². The number of amides is 1. The van der Waals surface area contributed by atoms with Crippen LogP contribution in [0, 0.1) is 0 Å². The molecule has 0 aliphatic heterocycles. The Hall–Kier alpha value is -1.06. The number of hydrogen-bond donors (Lipinski definition) is 2. The van der Waals surface area contributed by atoms with Crippen molar-refractivity contribution >= 4 is 11.9 Å². The van der Waals surface area contributed by atoms with Crippen LogP contribution in [0.5, 0.6) is 0 Å². The molecule has 0 aliphatic rings. The van der Waals surface area contributed by atoms with Gasteiger partial charge in [-0.05, 0) is 33.1 Å². The highest BCUT2D eigenvalue weighted by molar-refractivity contribution is 5.76. The molecule has 0 rings (SSSR count). The number of aliphatic carboxylic acids is 1. The quantitative estimate of drug-likeness (QED) is 0.193. The molecule has 0 aromatic carbocycles. The highest BCUT2D eigenvalue weighted by atomic mass is 16.4. The first-order chi connectivity index (χ1) is 13.9. The molecule has 4 heteroatoms. The number of carboxylic acid groups (broad SMARTS) is 1. The molecule has 0 aromatic rings. The summed E-state index contributed by atoms with van der Waals surface area (Å²) in [5, 5.41) is 11.8. The van der Waals surface area contributed by atoms with Crippen molar-refractivity contribution in [3.8, 4) is 0 Å². The fourth-order valence-corrected chi connectivity index (χ4v) is 3.84. The van der Waals surface area contributed by atoms with Gasteiger partial charge in [-0.3, -0.25) is 9.59 Å². The molecule has 0 heterocycles. The lowest BCUT2D eigenvalue weighted by Crippen LogP contribution is -2.43. The summed E-state index contributed by atoms with van der Waals surface area (Å²) in [5.74, 6) is -0.676. The minimum atomic E-state index is -0.773. The molecule has 4 nitrogen and oxygen atoms in total. The second kappa shape index (κ2) is 18.9. The number of carbonyl (C=O) groups excluding carboxylic acids is 1. The molecule has 0 saturated carbocycles. The molecule has 2 N–H and O–H groups in total. The summed E-state index contributed by atoms with van der Waals surface area (Å²) >= 11 is 0. The molecule has 0 bridgehead atoms. The van der Waals surface area contributed by atoms with Gasteiger partial charge in [-0.15, -0.1) is 0 Å². The monoisotopic (exact) mass is 411 g/mol. The fraction of sp³-hybridized carbons (Fsp3) is 0.920. The van der Waals surface area contributed by atoms with Gasteiger partial charge in [0, 0.05) is 18.4 Å². The van der Waals surface area contributed by atoms with Crippen LogP contribution >= 0.6 is 0 Å². The maximum absolute atomic E-state index is 12.1. The molecule has 0 saturated heterocycles. The molecule has 0 spiro atoms. The lowest BCUT2D eigenvalue weighted by Gasteiger charge is -2.26. The van der Waals surface area contributed by atoms with E-state index in [1.54, 1.807) is 0 Å². The number of rotatable bonds is 21. The molecule has 0 fully saturated rings. The first-order valence-electron chi connectivity index (χ1n) is 12.4. The number of nitrogens with one attached hydrogen (secondary N) is 1. The van der Waals surface area contributed by atoms with Crippen LogP contribution in [0.4, 0.5) is 0 Å². The third-order valence-corrected chi connectivity index (χ3v) is 5.68. The molecule has 1 amide bonds. The Bertz CT molecular complexity index is 407. The zero-order valence-corrected chi connectivity index (χ0v) is 19.7. The van der Waals surface area contributed by atoms with Crippen molar-refractivity contribution in [3.05, 3.63) is 0 Å². The van der Waals surface area contributed by atoms with Gasteiger partial charge >= 0.3 is 5.97 Å². The van der Waals surface area contributed by atoms with E-state index in [1.807, 2.05) is 13.8 Å². The number of hydrogen-bond acceptors (Lipinski definition) is 2. The largest absolute Gasteiger partial charge is 0.481 e. The molecule has 0 radical (unpaired) electrons. The van der Waals surface area contributed by atoms with E-state index in [0.717, 1.165) is 12.8 Å². The molecular formula is C25H49NO3. The number of unbranched alkanes of at least 4 members (excludes halogenated alkanes) is 14. The molecule has 0 aliphatic carbocycles. The van der Waals surface area contributed by atoms with Gasteiger partial charge in [-0.25, -0.2) is 0 Å². The van der Waals surface area contributed by atoms with Crippen molar-refractivity contribution < 1.29 is 14.7 Å². The number of carbonyl (C=O) groups is 2. The first kappa shape index (κ1) is 27.9. The summed E-state index contributed by atoms with van der Waals surface area (Å²) in [7, 11) is 0. The van der Waals surface area contributed by atoms with E-state index in [0.29, 0.717) is 19.3 Å². The van der Waals surface area contributed by atoms with Gasteiger partial charge in [0.25, 0.3) is 0 Å². The number of carboxylic acids is 1. The van der Waals surface area contributed by atoms with Gasteiger partial charge in [0.2, 0.25) is 5.91 Å². The average Bonchev–Trinajstić information content (AvgIpc) is 2.64. The van der Waals surface area contributed by atoms with Crippen LogP contribution in [-0.2, 0) is 9.59 Å². The van der Waals surface area contributed by atoms with Gasteiger partial charge in [0.05, 0.1) is 0 Å². The summed E-state index contributed by atoms with van der Waals surface area (Å²) in [6.07, 6.45) is 22.0. The van der Waals surface area contributed by atoms with E-state index in [4.69, 9.17) is 5.11 Å². The van der Waals surface area contributed by atoms with Crippen LogP contribution in [0.1, 0.15) is 143 Å². The average molecular weight is 412 g/mol. The SMILES string of the molecule is CCCCCCCCCCCCCCCCCC(=O)NC(C)(C)CCCC(=O)O. The van der Waals surface area contributed by atoms with E-state index in [-0.39, 0.29) is 17.9 Å². The van der Waals surface area contributed by atoms with Gasteiger partial charge in [-0.1, -0.05) is 96.8 Å². The minimum Gasteiger partial charge on any atom is -0.481 e. The Kier molecular flexibility index (Phi) is 18.2. The van der Waals surface area contributed by atoms with Crippen molar-refractivity contribution in [2.45, 2.75) is 148 Å². The standard InChI is InChI=1S/C25H49NO3/c1-4-5-6-7-8-9-10-11-12-13-14-15-16-17-18-20-23(27)26-25(2,3)22-19-21-24(28)29/h4-22H2,1-3H3,(H,26,27)(H,28,29). The Labute approximate surface area is 180 Å². The Morgan fingerprint density at radius 2 is 1.07 bits per heavy atom. The van der Waals surface area contributed by atoms with E-state index in [2.05, 4.69) is 12.2 Å². The van der Waals surface area contributed by atoms with Crippen LogP contribution in [0.25, 0.3) is 0 Å². The van der Waals surface area contributed by atoms with Gasteiger partial charge < -0.3 is 10.4 Å². The van der Waals surface area contributed by atoms with Gasteiger partial charge in [-0.2, -0.15) is 0 Å². The normalized spacial score (nSPS) is 11.6. The van der Waals surface area contributed by atoms with Crippen molar-refractivity contribution in [3.63, 3.8) is 0 Å². The van der Waals surface area contributed by atoms with Crippen molar-refractivity contribution in [2.75, 3.05) is 0 Å². The van der Waals surface area contributed by atoms with Gasteiger partial charge in [0.1, 0.15) is 0 Å². The summed E-state index contributed by atoms with van der Waals surface area (Å²) in [6, 6.07) is 0. The summed E-state index contributed by atoms with van der Waals surface area (Å²) in [5.41, 5.74) is -0.317. The Morgan fingerprint density at radius 1 is 0.655 bits per heavy atom. The molecule has 0 unspecified atom stereocenters. The van der Waals surface area contributed by atoms with Crippen LogP contribution in [0.3, 0.4) is 0 Å². The second-order valence-electron chi connectivity index (χ2n) is 9.38. The van der Waals surface area contributed by atoms with Crippen molar-refractivity contribution in [1.29, 1.82) is 0 Å². The fourth-order valence-electron chi connectivity index (χ4n) is 3.84. The minimum absolute atomic E-state index is 0.0972. The van der Waals surface area contributed by atoms with Crippen LogP contribution in [0.15, 0.2) is 0 Å². The van der Waals surface area contributed by atoms with E-state index < -0.39 is 5.97 Å². The lowest BCUT2D eigenvalue weighted by molar-refractivity contribution is -0.137. The molecule has 172 valence electrons. The molecule has 0 atom stereocenters. The molecular weight excluding hydrogens is 362 g/mol. The summed E-state index contributed by atoms with van der Waals surface area (Å²) < 4.78 is 0. The molecule has 0 aromatic heterocycles. The predicted octanol–water partition coefficient (Wildman–Crippen LogP) is 7.40. The lowest BCUT2D eigenvalue weighted by atomic mass is 9.96. The van der Waals surface area contributed by atoms with Gasteiger partial charge in [0.15, 0.2) is 0 Å². The van der Waals surface area contributed by atoms with Crippen LogP contribution in [0.2, 0.25) is 0 Å². The Balaban J connectivity index is 3.39. The van der Waals surface area contributed by atoms with E-state index in [9.17, 15) is 9.59 Å². The Morgan fingerprint density at radius 3 is 1.48 bits per heavy atom. The molecule has 29 heavy (non-hydrogen) atoms. The summed E-state index contributed by atoms with van der Waals surface area (Å²) in [4.78, 5) is 22.7. The van der Waals surface area contributed by atoms with E-state index in [1.165, 1.54) is 83.5 Å². The maximum Gasteiger partial charge on any atom is 0.303 e. The highest BCUT2D eigenvalue weighted by Crippen LogP contribution is 2.15. The topological polar surface area (TPSA) is 66.4 Å². The smallest absolute Gasteiger partial charge is 0.303 e. The van der Waals surface area contributed by atoms with Crippen molar-refractivity contribution in [1.82, 2.24) is 5.32 Å². The summed E-state index contributed by atoms with van der Waals surface area (Å²) in [6.45, 7) is 6.21. The zero-order chi connectivity index (χ0) is 21.8. The van der Waals surface area contributed by atoms with E-state index >= 15 is 0 Å². The van der Waals surface area contributed by atoms with Crippen molar-refractivity contribution in [2.24, 2.45) is 0 Å². The maximum atomic E-state index is 12.1. The highest BCUT2D eigenvalue weighted by Gasteiger charge is 2.20. The first-order valence-corrected chi connectivity index (χ1v) is 12.4. The predicted molar refractivity (Wildman–Crippen MR) is 123 cm³/mol. The zero-order valence-electron chi connectivity index (χ0n) is 19.7.